The minimum atomic E-state index is -3.80. The van der Waals surface area contributed by atoms with Crippen molar-refractivity contribution >= 4 is 16.0 Å². The number of likely N-dealkylation sites (N-methyl/N-ethyl adjacent to an activating group) is 1. The molecule has 1 unspecified atom stereocenters. The van der Waals surface area contributed by atoms with Gasteiger partial charge in [0, 0.05) is 7.05 Å². The van der Waals surface area contributed by atoms with Crippen LogP contribution in [-0.4, -0.2) is 42.6 Å². The minimum Gasteiger partial charge on any atom is -0.480 e. The van der Waals surface area contributed by atoms with Gasteiger partial charge in [0.2, 0.25) is 10.0 Å². The summed E-state index contributed by atoms with van der Waals surface area (Å²) in [7, 11) is -2.66. The fourth-order valence-electron chi connectivity index (χ4n) is 0.866. The molecule has 0 aliphatic heterocycles. The van der Waals surface area contributed by atoms with Gasteiger partial charge in [0.05, 0.1) is 6.07 Å². The van der Waals surface area contributed by atoms with Gasteiger partial charge in [0.25, 0.3) is 0 Å². The summed E-state index contributed by atoms with van der Waals surface area (Å²) in [5.41, 5.74) is 0. The molecule has 6 nitrogen and oxygen atoms in total. The molecule has 0 aromatic carbocycles. The monoisotopic (exact) mass is 220 g/mol. The van der Waals surface area contributed by atoms with Crippen molar-refractivity contribution in [3.05, 3.63) is 0 Å². The van der Waals surface area contributed by atoms with Crippen molar-refractivity contribution in [2.24, 2.45) is 0 Å². The molecule has 0 radical (unpaired) electrons. The lowest BCUT2D eigenvalue weighted by molar-refractivity contribution is -0.137. The zero-order chi connectivity index (χ0) is 11.4. The average molecular weight is 220 g/mol. The molecule has 0 aromatic rings. The molecule has 0 heterocycles. The third-order valence-electron chi connectivity index (χ3n) is 1.67. The van der Waals surface area contributed by atoms with Gasteiger partial charge in [-0.2, -0.15) is 9.57 Å². The fourth-order valence-corrected chi connectivity index (χ4v) is 2.15. The second-order valence-corrected chi connectivity index (χ2v) is 4.94. The van der Waals surface area contributed by atoms with Crippen molar-refractivity contribution in [3.63, 3.8) is 0 Å². The summed E-state index contributed by atoms with van der Waals surface area (Å²) in [4.78, 5) is 10.3. The maximum absolute atomic E-state index is 11.5. The first-order valence-electron chi connectivity index (χ1n) is 3.92. The first-order valence-corrected chi connectivity index (χ1v) is 5.43. The van der Waals surface area contributed by atoms with Gasteiger partial charge < -0.3 is 5.11 Å². The van der Waals surface area contributed by atoms with Crippen molar-refractivity contribution in [3.8, 4) is 6.07 Å². The lowest BCUT2D eigenvalue weighted by Crippen LogP contribution is -2.38. The van der Waals surface area contributed by atoms with Crippen molar-refractivity contribution in [2.75, 3.05) is 13.6 Å². The van der Waals surface area contributed by atoms with E-state index in [1.54, 1.807) is 13.0 Å². The molecule has 7 heteroatoms. The molecule has 0 rings (SSSR count). The third kappa shape index (κ3) is 2.97. The van der Waals surface area contributed by atoms with E-state index in [0.717, 1.165) is 7.05 Å². The zero-order valence-corrected chi connectivity index (χ0v) is 8.78. The Bertz CT molecular complexity index is 343. The van der Waals surface area contributed by atoms with Crippen LogP contribution < -0.4 is 0 Å². The summed E-state index contributed by atoms with van der Waals surface area (Å²) in [6, 6.07) is 1.62. The van der Waals surface area contributed by atoms with Crippen LogP contribution in [0.25, 0.3) is 0 Å². The van der Waals surface area contributed by atoms with Crippen LogP contribution in [0.1, 0.15) is 13.3 Å². The van der Waals surface area contributed by atoms with E-state index >= 15 is 0 Å². The van der Waals surface area contributed by atoms with Crippen molar-refractivity contribution < 1.29 is 18.3 Å². The number of aliphatic carboxylic acids is 1. The highest BCUT2D eigenvalue weighted by Crippen LogP contribution is 2.09. The second-order valence-electron chi connectivity index (χ2n) is 2.72. The zero-order valence-electron chi connectivity index (χ0n) is 7.97. The summed E-state index contributed by atoms with van der Waals surface area (Å²) < 4.78 is 23.6. The third-order valence-corrected chi connectivity index (χ3v) is 3.82. The molecule has 0 saturated heterocycles. The number of hydrogen-bond donors (Lipinski definition) is 1. The normalized spacial score (nSPS) is 13.6. The van der Waals surface area contributed by atoms with Crippen LogP contribution in [0.3, 0.4) is 0 Å². The van der Waals surface area contributed by atoms with Crippen molar-refractivity contribution in [2.45, 2.75) is 18.6 Å². The van der Waals surface area contributed by atoms with E-state index in [2.05, 4.69) is 0 Å². The lowest BCUT2D eigenvalue weighted by atomic mass is 10.4. The van der Waals surface area contributed by atoms with Crippen LogP contribution in [0.2, 0.25) is 0 Å². The Hall–Kier alpha value is -1.13. The molecule has 1 atom stereocenters. The van der Waals surface area contributed by atoms with Crippen LogP contribution in [0.4, 0.5) is 0 Å². The number of hydrogen-bond acceptors (Lipinski definition) is 4. The number of carbonyl (C=O) groups is 1. The number of rotatable bonds is 5. The maximum atomic E-state index is 11.5. The van der Waals surface area contributed by atoms with E-state index < -0.39 is 27.8 Å². The van der Waals surface area contributed by atoms with E-state index in [0.29, 0.717) is 4.31 Å². The van der Waals surface area contributed by atoms with Gasteiger partial charge in [-0.25, -0.2) is 8.42 Å². The molecule has 0 aliphatic rings. The first-order chi connectivity index (χ1) is 6.36. The van der Waals surface area contributed by atoms with Crippen LogP contribution in [0.5, 0.6) is 0 Å². The van der Waals surface area contributed by atoms with Gasteiger partial charge in [-0.1, -0.05) is 6.92 Å². The molecule has 0 spiro atoms. The van der Waals surface area contributed by atoms with Crippen LogP contribution >= 0.6 is 0 Å². The molecule has 0 aliphatic carbocycles. The summed E-state index contributed by atoms with van der Waals surface area (Å²) in [6.07, 6.45) is 0.142. The summed E-state index contributed by atoms with van der Waals surface area (Å²) in [6.45, 7) is 0.931. The fraction of sp³-hybridized carbons (Fsp3) is 0.714. The highest BCUT2D eigenvalue weighted by atomic mass is 32.2. The standard InChI is InChI=1S/C7H12N2O4S/c1-3-6(4-8)14(12,13)9(2)5-7(10)11/h6H,3,5H2,1-2H3,(H,10,11). The highest BCUT2D eigenvalue weighted by molar-refractivity contribution is 7.90. The molecule has 0 amide bonds. The SMILES string of the molecule is CCC(C#N)S(=O)(=O)N(C)CC(=O)O. The Morgan fingerprint density at radius 1 is 1.64 bits per heavy atom. The average Bonchev–Trinajstić information content (AvgIpc) is 2.04. The molecule has 0 aromatic heterocycles. The minimum absolute atomic E-state index is 0.142. The Kier molecular flexibility index (Phi) is 4.53. The predicted molar refractivity (Wildman–Crippen MR) is 48.9 cm³/mol. The Morgan fingerprint density at radius 2 is 2.14 bits per heavy atom. The number of sulfonamides is 1. The van der Waals surface area contributed by atoms with E-state index in [-0.39, 0.29) is 6.42 Å². The molecule has 0 fully saturated rings. The maximum Gasteiger partial charge on any atom is 0.318 e. The number of nitriles is 1. The molecule has 14 heavy (non-hydrogen) atoms. The Morgan fingerprint density at radius 3 is 2.43 bits per heavy atom. The Labute approximate surface area is 82.8 Å². The largest absolute Gasteiger partial charge is 0.480 e. The van der Waals surface area contributed by atoms with Crippen LogP contribution in [0, 0.1) is 11.3 Å². The molecular weight excluding hydrogens is 208 g/mol. The predicted octanol–water partition coefficient (Wildman–Crippen LogP) is -0.365. The van der Waals surface area contributed by atoms with Crippen LogP contribution in [-0.2, 0) is 14.8 Å². The quantitative estimate of drug-likeness (QED) is 0.681. The highest BCUT2D eigenvalue weighted by Gasteiger charge is 2.29. The number of carboxylic acids is 1. The number of nitrogens with zero attached hydrogens (tertiary/aromatic N) is 2. The first kappa shape index (κ1) is 12.9. The molecule has 0 bridgehead atoms. The van der Waals surface area contributed by atoms with Gasteiger partial charge in [0.15, 0.2) is 5.25 Å². The summed E-state index contributed by atoms with van der Waals surface area (Å²) in [5.74, 6) is -1.25. The van der Waals surface area contributed by atoms with Gasteiger partial charge in [-0.05, 0) is 6.42 Å². The Balaban J connectivity index is 4.79. The summed E-state index contributed by atoms with van der Waals surface area (Å²) in [5, 5.41) is 15.8. The topological polar surface area (TPSA) is 98.5 Å². The smallest absolute Gasteiger partial charge is 0.318 e. The summed E-state index contributed by atoms with van der Waals surface area (Å²) >= 11 is 0. The van der Waals surface area contributed by atoms with E-state index in [1.807, 2.05) is 0 Å². The second kappa shape index (κ2) is 4.93. The van der Waals surface area contributed by atoms with E-state index in [1.165, 1.54) is 0 Å². The van der Waals surface area contributed by atoms with Gasteiger partial charge >= 0.3 is 5.97 Å². The lowest BCUT2D eigenvalue weighted by Gasteiger charge is -2.17. The molecule has 80 valence electrons. The molecule has 1 N–H and O–H groups in total. The number of carboxylic acid groups (broad SMARTS) is 1. The van der Waals surface area contributed by atoms with Gasteiger partial charge in [-0.15, -0.1) is 0 Å². The van der Waals surface area contributed by atoms with Crippen molar-refractivity contribution in [1.29, 1.82) is 5.26 Å². The van der Waals surface area contributed by atoms with Crippen molar-refractivity contribution in [1.82, 2.24) is 4.31 Å². The van der Waals surface area contributed by atoms with Gasteiger partial charge in [-0.3, -0.25) is 4.79 Å². The molecule has 0 saturated carbocycles. The molecular formula is C7H12N2O4S. The van der Waals surface area contributed by atoms with Gasteiger partial charge in [0.1, 0.15) is 6.54 Å². The van der Waals surface area contributed by atoms with E-state index in [9.17, 15) is 13.2 Å². The van der Waals surface area contributed by atoms with E-state index in [4.69, 9.17) is 10.4 Å². The van der Waals surface area contributed by atoms with Crippen LogP contribution in [0.15, 0.2) is 0 Å².